The van der Waals surface area contributed by atoms with Crippen LogP contribution in [0, 0.1) is 6.92 Å². The van der Waals surface area contributed by atoms with E-state index in [2.05, 4.69) is 27.5 Å². The molecule has 1 aromatic carbocycles. The third-order valence-electron chi connectivity index (χ3n) is 3.36. The number of hydrogen-bond acceptors (Lipinski definition) is 6. The van der Waals surface area contributed by atoms with Crippen molar-refractivity contribution in [3.8, 4) is 11.5 Å². The molecule has 0 amide bonds. The van der Waals surface area contributed by atoms with Crippen LogP contribution in [0.2, 0.25) is 0 Å². The average molecular weight is 316 g/mol. The fourth-order valence-electron chi connectivity index (χ4n) is 2.21. The van der Waals surface area contributed by atoms with Crippen LogP contribution in [0.15, 0.2) is 24.3 Å². The topological polar surface area (TPSA) is 68.3 Å². The summed E-state index contributed by atoms with van der Waals surface area (Å²) in [5.74, 6) is 3.18. The summed E-state index contributed by atoms with van der Waals surface area (Å²) < 4.78 is 10.5. The first-order valence-corrected chi connectivity index (χ1v) is 7.70. The summed E-state index contributed by atoms with van der Waals surface area (Å²) in [6.07, 6.45) is 0.903. The van der Waals surface area contributed by atoms with Gasteiger partial charge in [0.25, 0.3) is 0 Å². The summed E-state index contributed by atoms with van der Waals surface area (Å²) in [6, 6.07) is 7.71. The second-order valence-electron chi connectivity index (χ2n) is 5.10. The highest BCUT2D eigenvalue weighted by Crippen LogP contribution is 2.25. The molecule has 0 aliphatic carbocycles. The number of nitrogens with zero attached hydrogens (tertiary/aromatic N) is 2. The average Bonchev–Trinajstić information content (AvgIpc) is 2.57. The van der Waals surface area contributed by atoms with Gasteiger partial charge in [-0.1, -0.05) is 6.92 Å². The van der Waals surface area contributed by atoms with Crippen LogP contribution in [-0.2, 0) is 6.42 Å². The Morgan fingerprint density at radius 1 is 0.913 bits per heavy atom. The highest BCUT2D eigenvalue weighted by Gasteiger charge is 2.02. The molecule has 0 spiro atoms. The standard InChI is InChI=1S/C17H24N4O2/c1-5-13-10-17(21-12(2)20-13)19-7-6-18-14-8-15(22-3)11-16(9-14)23-4/h8-11,18H,5-7H2,1-4H3,(H,19,20,21). The number of benzene rings is 1. The second-order valence-corrected chi connectivity index (χ2v) is 5.10. The molecular weight excluding hydrogens is 292 g/mol. The minimum Gasteiger partial charge on any atom is -0.497 e. The fourth-order valence-corrected chi connectivity index (χ4v) is 2.21. The van der Waals surface area contributed by atoms with Crippen LogP contribution in [0.25, 0.3) is 0 Å². The van der Waals surface area contributed by atoms with E-state index in [0.29, 0.717) is 0 Å². The van der Waals surface area contributed by atoms with E-state index in [1.165, 1.54) is 0 Å². The Bertz CT molecular complexity index is 624. The van der Waals surface area contributed by atoms with E-state index in [1.54, 1.807) is 14.2 Å². The van der Waals surface area contributed by atoms with Crippen molar-refractivity contribution in [2.24, 2.45) is 0 Å². The second kappa shape index (κ2) is 8.22. The molecule has 0 fully saturated rings. The van der Waals surface area contributed by atoms with Gasteiger partial charge in [-0.05, 0) is 13.3 Å². The smallest absolute Gasteiger partial charge is 0.129 e. The molecule has 0 atom stereocenters. The predicted molar refractivity (Wildman–Crippen MR) is 92.7 cm³/mol. The highest BCUT2D eigenvalue weighted by molar-refractivity contribution is 5.53. The SMILES string of the molecule is CCc1cc(NCCNc2cc(OC)cc(OC)c2)nc(C)n1. The number of rotatable bonds is 8. The van der Waals surface area contributed by atoms with Gasteiger partial charge in [0, 0.05) is 48.7 Å². The number of ether oxygens (including phenoxy) is 2. The van der Waals surface area contributed by atoms with Gasteiger partial charge in [-0.15, -0.1) is 0 Å². The molecule has 0 saturated carbocycles. The molecule has 6 heteroatoms. The summed E-state index contributed by atoms with van der Waals surface area (Å²) in [7, 11) is 3.28. The Labute approximate surface area is 137 Å². The Morgan fingerprint density at radius 3 is 2.17 bits per heavy atom. The summed E-state index contributed by atoms with van der Waals surface area (Å²) in [5, 5.41) is 6.65. The molecule has 124 valence electrons. The lowest BCUT2D eigenvalue weighted by atomic mass is 10.2. The van der Waals surface area contributed by atoms with Gasteiger partial charge in [0.15, 0.2) is 0 Å². The van der Waals surface area contributed by atoms with Crippen LogP contribution >= 0.6 is 0 Å². The quantitative estimate of drug-likeness (QED) is 0.730. The highest BCUT2D eigenvalue weighted by atomic mass is 16.5. The van der Waals surface area contributed by atoms with Gasteiger partial charge < -0.3 is 20.1 Å². The first-order valence-electron chi connectivity index (χ1n) is 7.70. The van der Waals surface area contributed by atoms with Gasteiger partial charge in [0.1, 0.15) is 23.1 Å². The molecule has 2 aromatic rings. The lowest BCUT2D eigenvalue weighted by Crippen LogP contribution is -2.15. The molecule has 0 saturated heterocycles. The van der Waals surface area contributed by atoms with Gasteiger partial charge in [0.05, 0.1) is 14.2 Å². The van der Waals surface area contributed by atoms with Crippen molar-refractivity contribution < 1.29 is 9.47 Å². The first kappa shape index (κ1) is 16.9. The van der Waals surface area contributed by atoms with Crippen molar-refractivity contribution in [1.29, 1.82) is 0 Å². The molecule has 0 aliphatic rings. The number of anilines is 2. The van der Waals surface area contributed by atoms with Gasteiger partial charge in [0.2, 0.25) is 0 Å². The van der Waals surface area contributed by atoms with Crippen molar-refractivity contribution in [3.05, 3.63) is 35.8 Å². The Balaban J connectivity index is 1.89. The molecule has 0 unspecified atom stereocenters. The Hall–Kier alpha value is -2.50. The lowest BCUT2D eigenvalue weighted by molar-refractivity contribution is 0.394. The van der Waals surface area contributed by atoms with Gasteiger partial charge >= 0.3 is 0 Å². The maximum absolute atomic E-state index is 5.26. The minimum absolute atomic E-state index is 0.749. The fraction of sp³-hybridized carbons (Fsp3) is 0.412. The number of nitrogens with one attached hydrogen (secondary N) is 2. The molecule has 1 heterocycles. The maximum Gasteiger partial charge on any atom is 0.129 e. The number of methoxy groups -OCH3 is 2. The number of aromatic nitrogens is 2. The summed E-state index contributed by atoms with van der Waals surface area (Å²) in [5.41, 5.74) is 2.00. The van der Waals surface area contributed by atoms with Crippen LogP contribution in [0.3, 0.4) is 0 Å². The van der Waals surface area contributed by atoms with E-state index < -0.39 is 0 Å². The van der Waals surface area contributed by atoms with Gasteiger partial charge in [-0.25, -0.2) is 9.97 Å². The minimum atomic E-state index is 0.749. The van der Waals surface area contributed by atoms with E-state index in [4.69, 9.17) is 9.47 Å². The summed E-state index contributed by atoms with van der Waals surface area (Å²) in [4.78, 5) is 8.76. The molecule has 0 bridgehead atoms. The first-order chi connectivity index (χ1) is 11.1. The van der Waals surface area contributed by atoms with Gasteiger partial charge in [-0.3, -0.25) is 0 Å². The van der Waals surface area contributed by atoms with Crippen molar-refractivity contribution >= 4 is 11.5 Å². The van der Waals surface area contributed by atoms with Crippen LogP contribution < -0.4 is 20.1 Å². The molecule has 2 rings (SSSR count). The number of aryl methyl sites for hydroxylation is 2. The maximum atomic E-state index is 5.26. The molecule has 0 radical (unpaired) electrons. The van der Waals surface area contributed by atoms with Crippen molar-refractivity contribution in [3.63, 3.8) is 0 Å². The molecular formula is C17H24N4O2. The molecule has 23 heavy (non-hydrogen) atoms. The zero-order valence-corrected chi connectivity index (χ0v) is 14.1. The molecule has 0 aliphatic heterocycles. The Kier molecular flexibility index (Phi) is 6.02. The van der Waals surface area contributed by atoms with E-state index >= 15 is 0 Å². The van der Waals surface area contributed by atoms with E-state index in [-0.39, 0.29) is 0 Å². The van der Waals surface area contributed by atoms with Crippen LogP contribution in [-0.4, -0.2) is 37.3 Å². The zero-order valence-electron chi connectivity index (χ0n) is 14.1. The monoisotopic (exact) mass is 316 g/mol. The predicted octanol–water partition coefficient (Wildman–Crippen LogP) is 2.89. The van der Waals surface area contributed by atoms with E-state index in [0.717, 1.165) is 54.0 Å². The largest absolute Gasteiger partial charge is 0.497 e. The molecule has 1 aromatic heterocycles. The normalized spacial score (nSPS) is 10.3. The number of hydrogen-bond donors (Lipinski definition) is 2. The third kappa shape index (κ3) is 5.02. The zero-order chi connectivity index (χ0) is 16.7. The van der Waals surface area contributed by atoms with E-state index in [9.17, 15) is 0 Å². The van der Waals surface area contributed by atoms with Crippen LogP contribution in [0.5, 0.6) is 11.5 Å². The van der Waals surface area contributed by atoms with E-state index in [1.807, 2.05) is 31.2 Å². The van der Waals surface area contributed by atoms with Gasteiger partial charge in [-0.2, -0.15) is 0 Å². The van der Waals surface area contributed by atoms with Crippen molar-refractivity contribution in [2.45, 2.75) is 20.3 Å². The molecule has 2 N–H and O–H groups in total. The van der Waals surface area contributed by atoms with Crippen molar-refractivity contribution in [2.75, 3.05) is 37.9 Å². The van der Waals surface area contributed by atoms with Crippen LogP contribution in [0.1, 0.15) is 18.4 Å². The van der Waals surface area contributed by atoms with Crippen LogP contribution in [0.4, 0.5) is 11.5 Å². The molecule has 6 nitrogen and oxygen atoms in total. The third-order valence-corrected chi connectivity index (χ3v) is 3.36. The Morgan fingerprint density at radius 2 is 1.57 bits per heavy atom. The summed E-state index contributed by atoms with van der Waals surface area (Å²) in [6.45, 7) is 5.49. The lowest BCUT2D eigenvalue weighted by Gasteiger charge is -2.12. The summed E-state index contributed by atoms with van der Waals surface area (Å²) >= 11 is 0. The van der Waals surface area contributed by atoms with Crippen molar-refractivity contribution in [1.82, 2.24) is 9.97 Å².